The zero-order valence-corrected chi connectivity index (χ0v) is 21.4. The van der Waals surface area contributed by atoms with Crippen LogP contribution in [-0.2, 0) is 16.0 Å². The van der Waals surface area contributed by atoms with E-state index in [-0.39, 0.29) is 5.54 Å². The normalized spacial score (nSPS) is 15.4. The molecule has 0 saturated carbocycles. The Kier molecular flexibility index (Phi) is 12.9. The predicted octanol–water partition coefficient (Wildman–Crippen LogP) is 5.69. The van der Waals surface area contributed by atoms with Crippen LogP contribution in [-0.4, -0.2) is 57.1 Å². The van der Waals surface area contributed by atoms with Crippen LogP contribution in [0.4, 0.5) is 5.69 Å². The Labute approximate surface area is 196 Å². The molecule has 0 N–H and O–H groups in total. The van der Waals surface area contributed by atoms with E-state index in [2.05, 4.69) is 74.2 Å². The van der Waals surface area contributed by atoms with E-state index in [1.807, 2.05) is 32.8 Å². The third kappa shape index (κ3) is 8.76. The van der Waals surface area contributed by atoms with Crippen molar-refractivity contribution in [2.45, 2.75) is 59.4 Å². The van der Waals surface area contributed by atoms with Crippen molar-refractivity contribution in [3.8, 4) is 0 Å². The molecule has 32 heavy (non-hydrogen) atoms. The zero-order valence-electron chi connectivity index (χ0n) is 21.4. The Morgan fingerprint density at radius 3 is 2.00 bits per heavy atom. The summed E-state index contributed by atoms with van der Waals surface area (Å²) in [5.41, 5.74) is 4.74. The number of hydrogen-bond acceptors (Lipinski definition) is 4. The molecule has 178 valence electrons. The maximum atomic E-state index is 11.3. The first-order valence-electron chi connectivity index (χ1n) is 12.0. The highest BCUT2D eigenvalue weighted by atomic mass is 16.5. The standard InChI is InChI=1S/C14H21NO.C12H17NO.C2H6/c1-5-14(11-16,15(3)4)10-13-8-6-12(2)7-9-13;1-11-3-5-12(6-4-11)13-7-2-9-14-10-8-13;1-2/h6-9,11H,5,10H2,1-4H3;3-6H,2,7-10H2,1H3;1-2H3. The van der Waals surface area contributed by atoms with Crippen LogP contribution in [0.25, 0.3) is 0 Å². The summed E-state index contributed by atoms with van der Waals surface area (Å²) < 4.78 is 5.43. The van der Waals surface area contributed by atoms with Gasteiger partial charge in [-0.1, -0.05) is 68.3 Å². The molecule has 4 nitrogen and oxygen atoms in total. The number of benzene rings is 2. The van der Waals surface area contributed by atoms with Gasteiger partial charge in [-0.2, -0.15) is 0 Å². The van der Waals surface area contributed by atoms with Crippen LogP contribution in [0, 0.1) is 13.8 Å². The number of aryl methyl sites for hydroxylation is 2. The van der Waals surface area contributed by atoms with Crippen molar-refractivity contribution in [2.24, 2.45) is 0 Å². The Morgan fingerprint density at radius 2 is 1.50 bits per heavy atom. The van der Waals surface area contributed by atoms with Crippen LogP contribution in [0.15, 0.2) is 48.5 Å². The average molecular weight is 441 g/mol. The summed E-state index contributed by atoms with van der Waals surface area (Å²) in [6.45, 7) is 14.1. The van der Waals surface area contributed by atoms with Gasteiger partial charge in [0.05, 0.1) is 12.1 Å². The van der Waals surface area contributed by atoms with Crippen LogP contribution in [0.5, 0.6) is 0 Å². The van der Waals surface area contributed by atoms with E-state index >= 15 is 0 Å². The quantitative estimate of drug-likeness (QED) is 0.540. The summed E-state index contributed by atoms with van der Waals surface area (Å²) in [4.78, 5) is 15.7. The lowest BCUT2D eigenvalue weighted by atomic mass is 9.88. The maximum absolute atomic E-state index is 11.3. The van der Waals surface area contributed by atoms with Crippen LogP contribution in [0.3, 0.4) is 0 Å². The Balaban J connectivity index is 0.000000299. The van der Waals surface area contributed by atoms with Gasteiger partial charge in [0.2, 0.25) is 0 Å². The van der Waals surface area contributed by atoms with Crippen molar-refractivity contribution in [1.29, 1.82) is 0 Å². The van der Waals surface area contributed by atoms with Crippen molar-refractivity contribution in [3.63, 3.8) is 0 Å². The largest absolute Gasteiger partial charge is 0.380 e. The molecule has 0 aliphatic carbocycles. The first-order chi connectivity index (χ1) is 15.4. The summed E-state index contributed by atoms with van der Waals surface area (Å²) in [5, 5.41) is 0. The number of anilines is 1. The van der Waals surface area contributed by atoms with Gasteiger partial charge in [-0.05, 0) is 64.9 Å². The Bertz CT molecular complexity index is 748. The topological polar surface area (TPSA) is 32.8 Å². The maximum Gasteiger partial charge on any atom is 0.140 e. The second-order valence-corrected chi connectivity index (χ2v) is 8.42. The molecule has 1 atom stereocenters. The molecular formula is C28H44N2O2. The number of rotatable bonds is 6. The molecule has 1 aliphatic rings. The van der Waals surface area contributed by atoms with Crippen LogP contribution >= 0.6 is 0 Å². The number of nitrogens with zero attached hydrogens (tertiary/aromatic N) is 2. The van der Waals surface area contributed by atoms with Crippen LogP contribution in [0.2, 0.25) is 0 Å². The van der Waals surface area contributed by atoms with Crippen LogP contribution in [0.1, 0.15) is 50.3 Å². The smallest absolute Gasteiger partial charge is 0.140 e. The van der Waals surface area contributed by atoms with E-state index in [9.17, 15) is 4.79 Å². The number of ether oxygens (including phenoxy) is 1. The molecule has 4 heteroatoms. The van der Waals surface area contributed by atoms with Gasteiger partial charge in [-0.3, -0.25) is 4.90 Å². The highest BCUT2D eigenvalue weighted by Crippen LogP contribution is 2.21. The molecule has 1 fully saturated rings. The van der Waals surface area contributed by atoms with Gasteiger partial charge in [-0.25, -0.2) is 0 Å². The molecule has 0 radical (unpaired) electrons. The molecule has 1 unspecified atom stereocenters. The van der Waals surface area contributed by atoms with Gasteiger partial charge < -0.3 is 14.4 Å². The van der Waals surface area contributed by atoms with Gasteiger partial charge >= 0.3 is 0 Å². The summed E-state index contributed by atoms with van der Waals surface area (Å²) in [6, 6.07) is 17.1. The van der Waals surface area contributed by atoms with Crippen molar-refractivity contribution >= 4 is 12.0 Å². The zero-order chi connectivity index (χ0) is 24.0. The van der Waals surface area contributed by atoms with Crippen molar-refractivity contribution < 1.29 is 9.53 Å². The lowest BCUT2D eigenvalue weighted by molar-refractivity contribution is -0.117. The number of carbonyl (C=O) groups is 1. The van der Waals surface area contributed by atoms with Crippen molar-refractivity contribution in [3.05, 3.63) is 65.2 Å². The molecular weight excluding hydrogens is 396 g/mol. The third-order valence-corrected chi connectivity index (χ3v) is 5.97. The highest BCUT2D eigenvalue weighted by Gasteiger charge is 2.30. The average Bonchev–Trinajstić information content (AvgIpc) is 3.11. The molecule has 0 spiro atoms. The Morgan fingerprint density at radius 1 is 0.938 bits per heavy atom. The third-order valence-electron chi connectivity index (χ3n) is 5.97. The van der Waals surface area contributed by atoms with E-state index in [4.69, 9.17) is 4.74 Å². The fourth-order valence-electron chi connectivity index (χ4n) is 3.65. The van der Waals surface area contributed by atoms with E-state index < -0.39 is 0 Å². The molecule has 3 rings (SSSR count). The lowest BCUT2D eigenvalue weighted by Crippen LogP contribution is -2.47. The molecule has 1 heterocycles. The summed E-state index contributed by atoms with van der Waals surface area (Å²) in [6.07, 6.45) is 3.82. The Hall–Kier alpha value is -2.17. The van der Waals surface area contributed by atoms with Crippen LogP contribution < -0.4 is 4.90 Å². The summed E-state index contributed by atoms with van der Waals surface area (Å²) >= 11 is 0. The van der Waals surface area contributed by atoms with Crippen molar-refractivity contribution in [1.82, 2.24) is 4.90 Å². The molecule has 2 aromatic rings. The number of carbonyl (C=O) groups excluding carboxylic acids is 1. The predicted molar refractivity (Wildman–Crippen MR) is 138 cm³/mol. The summed E-state index contributed by atoms with van der Waals surface area (Å²) in [5.74, 6) is 0. The van der Waals surface area contributed by atoms with Gasteiger partial charge in [0.15, 0.2) is 0 Å². The molecule has 2 aromatic carbocycles. The van der Waals surface area contributed by atoms with E-state index in [0.29, 0.717) is 0 Å². The minimum absolute atomic E-state index is 0.366. The SMILES string of the molecule is CC.CCC(C=O)(Cc1ccc(C)cc1)N(C)C.Cc1ccc(N2CCCOCC2)cc1. The van der Waals surface area contributed by atoms with E-state index in [1.165, 1.54) is 22.4 Å². The van der Waals surface area contributed by atoms with Gasteiger partial charge in [0, 0.05) is 25.4 Å². The summed E-state index contributed by atoms with van der Waals surface area (Å²) in [7, 11) is 3.93. The fraction of sp³-hybridized carbons (Fsp3) is 0.536. The van der Waals surface area contributed by atoms with Gasteiger partial charge in [-0.15, -0.1) is 0 Å². The molecule has 1 saturated heterocycles. The minimum atomic E-state index is -0.366. The van der Waals surface area contributed by atoms with Gasteiger partial charge in [0.25, 0.3) is 0 Å². The van der Waals surface area contributed by atoms with Crippen molar-refractivity contribution in [2.75, 3.05) is 45.3 Å². The number of likely N-dealkylation sites (N-methyl/N-ethyl adjacent to an activating group) is 1. The first-order valence-corrected chi connectivity index (χ1v) is 12.0. The van der Waals surface area contributed by atoms with E-state index in [1.54, 1.807) is 0 Å². The molecule has 1 aliphatic heterocycles. The number of aldehydes is 1. The fourth-order valence-corrected chi connectivity index (χ4v) is 3.65. The second kappa shape index (κ2) is 14.8. The molecule has 0 amide bonds. The highest BCUT2D eigenvalue weighted by molar-refractivity contribution is 5.65. The first kappa shape index (κ1) is 27.9. The van der Waals surface area contributed by atoms with Gasteiger partial charge in [0.1, 0.15) is 6.29 Å². The molecule has 0 aromatic heterocycles. The number of hydrogen-bond donors (Lipinski definition) is 0. The van der Waals surface area contributed by atoms with E-state index in [0.717, 1.165) is 51.9 Å². The second-order valence-electron chi connectivity index (χ2n) is 8.42. The lowest BCUT2D eigenvalue weighted by Gasteiger charge is -2.34. The monoisotopic (exact) mass is 440 g/mol. The molecule has 0 bridgehead atoms. The minimum Gasteiger partial charge on any atom is -0.380 e.